The molecule has 0 spiro atoms. The molecule has 1 aromatic rings. The summed E-state index contributed by atoms with van der Waals surface area (Å²) in [7, 11) is 0. The molecule has 3 nitrogen and oxygen atoms in total. The van der Waals surface area contributed by atoms with Crippen LogP contribution in [0.25, 0.3) is 0 Å². The molecule has 4 heteroatoms. The summed E-state index contributed by atoms with van der Waals surface area (Å²) in [6, 6.07) is 6.59. The second-order valence-electron chi connectivity index (χ2n) is 5.96. The minimum absolute atomic E-state index is 0.00843. The summed E-state index contributed by atoms with van der Waals surface area (Å²) in [5, 5.41) is 0. The summed E-state index contributed by atoms with van der Waals surface area (Å²) in [5.74, 6) is 0.239. The average Bonchev–Trinajstić information content (AvgIpc) is 2.78. The number of hydrogen-bond donors (Lipinski definition) is 1. The maximum absolute atomic E-state index is 12.8. The number of amides is 1. The van der Waals surface area contributed by atoms with Crippen LogP contribution in [-0.4, -0.2) is 29.4 Å². The van der Waals surface area contributed by atoms with Gasteiger partial charge >= 0.3 is 0 Å². The van der Waals surface area contributed by atoms with E-state index in [0.29, 0.717) is 5.92 Å². The van der Waals surface area contributed by atoms with Crippen molar-refractivity contribution in [1.82, 2.24) is 4.90 Å². The summed E-state index contributed by atoms with van der Waals surface area (Å²) >= 11 is 0. The second kappa shape index (κ2) is 5.29. The molecule has 104 valence electrons. The predicted octanol–water partition coefficient (Wildman–Crippen LogP) is 1.95. The zero-order valence-electron chi connectivity index (χ0n) is 11.5. The highest BCUT2D eigenvalue weighted by molar-refractivity contribution is 5.85. The van der Waals surface area contributed by atoms with Crippen molar-refractivity contribution < 1.29 is 9.18 Å². The first-order valence-electron chi connectivity index (χ1n) is 6.69. The van der Waals surface area contributed by atoms with Gasteiger partial charge in [0.05, 0.1) is 5.54 Å². The van der Waals surface area contributed by atoms with Crippen molar-refractivity contribution in [3.8, 4) is 0 Å². The molecule has 19 heavy (non-hydrogen) atoms. The Morgan fingerprint density at radius 2 is 2.05 bits per heavy atom. The molecular weight excluding hydrogens is 243 g/mol. The lowest BCUT2D eigenvalue weighted by molar-refractivity contribution is -0.134. The average molecular weight is 264 g/mol. The van der Waals surface area contributed by atoms with Crippen LogP contribution in [0.5, 0.6) is 0 Å². The van der Waals surface area contributed by atoms with Crippen molar-refractivity contribution in [2.75, 3.05) is 13.1 Å². The molecule has 1 aromatic carbocycles. The molecule has 0 aromatic heterocycles. The first-order chi connectivity index (χ1) is 8.86. The minimum Gasteiger partial charge on any atom is -0.341 e. The summed E-state index contributed by atoms with van der Waals surface area (Å²) in [6.45, 7) is 4.99. The third kappa shape index (κ3) is 3.53. The number of nitrogens with two attached hydrogens (primary N) is 1. The first-order valence-corrected chi connectivity index (χ1v) is 6.69. The van der Waals surface area contributed by atoms with E-state index in [0.717, 1.165) is 31.5 Å². The third-order valence-electron chi connectivity index (χ3n) is 3.56. The molecule has 1 saturated heterocycles. The Hall–Kier alpha value is -1.42. The lowest BCUT2D eigenvalue weighted by atomic mass is 9.98. The van der Waals surface area contributed by atoms with Crippen molar-refractivity contribution >= 4 is 5.91 Å². The van der Waals surface area contributed by atoms with Gasteiger partial charge in [-0.05, 0) is 50.3 Å². The van der Waals surface area contributed by atoms with Crippen molar-refractivity contribution in [1.29, 1.82) is 0 Å². The monoisotopic (exact) mass is 264 g/mol. The molecule has 0 radical (unpaired) electrons. The van der Waals surface area contributed by atoms with Gasteiger partial charge in [0.25, 0.3) is 0 Å². The molecule has 0 saturated carbocycles. The lowest BCUT2D eigenvalue weighted by Gasteiger charge is -2.25. The normalized spacial score (nSPS) is 19.8. The van der Waals surface area contributed by atoms with E-state index in [-0.39, 0.29) is 11.7 Å². The van der Waals surface area contributed by atoms with E-state index in [4.69, 9.17) is 5.73 Å². The number of nitrogens with zero attached hydrogens (tertiary/aromatic N) is 1. The van der Waals surface area contributed by atoms with Crippen LogP contribution in [0, 0.1) is 11.7 Å². The standard InChI is InChI=1S/C15H21FN2O/c1-15(2,17)14(19)18-8-7-12(10-18)9-11-3-5-13(16)6-4-11/h3-6,12H,7-10,17H2,1-2H3. The smallest absolute Gasteiger partial charge is 0.242 e. The molecular formula is C15H21FN2O. The van der Waals surface area contributed by atoms with Crippen LogP contribution in [0.3, 0.4) is 0 Å². The highest BCUT2D eigenvalue weighted by Gasteiger charge is 2.33. The predicted molar refractivity (Wildman–Crippen MR) is 73.1 cm³/mol. The van der Waals surface area contributed by atoms with Crippen LogP contribution in [0.4, 0.5) is 4.39 Å². The van der Waals surface area contributed by atoms with E-state index in [2.05, 4.69) is 0 Å². The third-order valence-corrected chi connectivity index (χ3v) is 3.56. The van der Waals surface area contributed by atoms with Gasteiger partial charge in [-0.3, -0.25) is 4.79 Å². The maximum Gasteiger partial charge on any atom is 0.242 e. The molecule has 2 rings (SSSR count). The number of carbonyl (C=O) groups excluding carboxylic acids is 1. The van der Waals surface area contributed by atoms with Crippen molar-refractivity contribution in [2.24, 2.45) is 11.7 Å². The van der Waals surface area contributed by atoms with Crippen LogP contribution in [0.2, 0.25) is 0 Å². The van der Waals surface area contributed by atoms with Crippen LogP contribution < -0.4 is 5.73 Å². The zero-order chi connectivity index (χ0) is 14.0. The Labute approximate surface area is 113 Å². The van der Waals surface area contributed by atoms with Gasteiger partial charge in [0, 0.05) is 13.1 Å². The lowest BCUT2D eigenvalue weighted by Crippen LogP contribution is -2.50. The molecule has 2 N–H and O–H groups in total. The van der Waals surface area contributed by atoms with Gasteiger partial charge in [-0.15, -0.1) is 0 Å². The number of carbonyl (C=O) groups is 1. The quantitative estimate of drug-likeness (QED) is 0.907. The number of hydrogen-bond acceptors (Lipinski definition) is 2. The fourth-order valence-corrected chi connectivity index (χ4v) is 2.55. The van der Waals surface area contributed by atoms with Gasteiger partial charge in [-0.1, -0.05) is 12.1 Å². The van der Waals surface area contributed by atoms with Gasteiger partial charge in [0.1, 0.15) is 5.82 Å². The van der Waals surface area contributed by atoms with Gasteiger partial charge in [-0.2, -0.15) is 0 Å². The number of likely N-dealkylation sites (tertiary alicyclic amines) is 1. The van der Waals surface area contributed by atoms with Gasteiger partial charge in [0.2, 0.25) is 5.91 Å². The molecule has 1 fully saturated rings. The molecule has 1 heterocycles. The Bertz CT molecular complexity index is 450. The van der Waals surface area contributed by atoms with Gasteiger partial charge in [0.15, 0.2) is 0 Å². The van der Waals surface area contributed by atoms with Crippen molar-refractivity contribution in [3.63, 3.8) is 0 Å². The maximum atomic E-state index is 12.8. The van der Waals surface area contributed by atoms with Crippen molar-refractivity contribution in [2.45, 2.75) is 32.2 Å². The first kappa shape index (κ1) is 14.0. The summed E-state index contributed by atoms with van der Waals surface area (Å²) in [6.07, 6.45) is 1.87. The Kier molecular flexibility index (Phi) is 3.90. The van der Waals surface area contributed by atoms with Gasteiger partial charge < -0.3 is 10.6 Å². The van der Waals surface area contributed by atoms with Crippen LogP contribution >= 0.6 is 0 Å². The molecule has 1 amide bonds. The largest absolute Gasteiger partial charge is 0.341 e. The minimum atomic E-state index is -0.801. The zero-order valence-corrected chi connectivity index (χ0v) is 11.5. The molecule has 1 aliphatic rings. The fraction of sp³-hybridized carbons (Fsp3) is 0.533. The molecule has 1 atom stereocenters. The fourth-order valence-electron chi connectivity index (χ4n) is 2.55. The number of halogens is 1. The highest BCUT2D eigenvalue weighted by Crippen LogP contribution is 2.22. The Morgan fingerprint density at radius 1 is 1.42 bits per heavy atom. The summed E-state index contributed by atoms with van der Waals surface area (Å²) in [4.78, 5) is 13.9. The highest BCUT2D eigenvalue weighted by atomic mass is 19.1. The Morgan fingerprint density at radius 3 is 2.63 bits per heavy atom. The molecule has 0 aliphatic carbocycles. The molecule has 1 unspecified atom stereocenters. The van der Waals surface area contributed by atoms with E-state index in [1.54, 1.807) is 13.8 Å². The van der Waals surface area contributed by atoms with E-state index >= 15 is 0 Å². The topological polar surface area (TPSA) is 46.3 Å². The number of benzene rings is 1. The SMILES string of the molecule is CC(C)(N)C(=O)N1CCC(Cc2ccc(F)cc2)C1. The van der Waals surface area contributed by atoms with Crippen LogP contribution in [0.15, 0.2) is 24.3 Å². The summed E-state index contributed by atoms with van der Waals surface area (Å²) in [5.41, 5.74) is 6.16. The molecule has 0 bridgehead atoms. The second-order valence-corrected chi connectivity index (χ2v) is 5.96. The van der Waals surface area contributed by atoms with E-state index < -0.39 is 5.54 Å². The van der Waals surface area contributed by atoms with Gasteiger partial charge in [-0.25, -0.2) is 4.39 Å². The summed E-state index contributed by atoms with van der Waals surface area (Å²) < 4.78 is 12.8. The number of rotatable bonds is 3. The molecule has 1 aliphatic heterocycles. The Balaban J connectivity index is 1.92. The van der Waals surface area contributed by atoms with Crippen LogP contribution in [-0.2, 0) is 11.2 Å². The van der Waals surface area contributed by atoms with Crippen molar-refractivity contribution in [3.05, 3.63) is 35.6 Å². The van der Waals surface area contributed by atoms with E-state index in [9.17, 15) is 9.18 Å². The van der Waals surface area contributed by atoms with E-state index in [1.165, 1.54) is 12.1 Å². The van der Waals surface area contributed by atoms with E-state index in [1.807, 2.05) is 17.0 Å². The van der Waals surface area contributed by atoms with Crippen LogP contribution in [0.1, 0.15) is 25.8 Å².